The van der Waals surface area contributed by atoms with Gasteiger partial charge in [0, 0.05) is 31.9 Å². The van der Waals surface area contributed by atoms with E-state index in [0.29, 0.717) is 24.4 Å². The molecule has 3 heterocycles. The van der Waals surface area contributed by atoms with E-state index in [1.807, 2.05) is 0 Å². The molecule has 1 aliphatic heterocycles. The highest BCUT2D eigenvalue weighted by molar-refractivity contribution is 5.86. The lowest BCUT2D eigenvalue weighted by Gasteiger charge is -2.35. The summed E-state index contributed by atoms with van der Waals surface area (Å²) in [5, 5.41) is 4.67. The molecule has 3 aromatic rings. The van der Waals surface area contributed by atoms with Crippen molar-refractivity contribution >= 4 is 16.6 Å². The van der Waals surface area contributed by atoms with Gasteiger partial charge in [0.15, 0.2) is 6.33 Å². The first kappa shape index (κ1) is 16.4. The molecule has 2 aromatic heterocycles. The average Bonchev–Trinajstić information content (AvgIpc) is 3.18. The van der Waals surface area contributed by atoms with Crippen LogP contribution < -0.4 is 9.64 Å². The molecule has 0 amide bonds. The van der Waals surface area contributed by atoms with Gasteiger partial charge in [0.05, 0.1) is 17.4 Å². The third-order valence-electron chi connectivity index (χ3n) is 5.42. The molecule has 0 radical (unpaired) electrons. The molecular weight excluding hydrogens is 344 g/mol. The fraction of sp³-hybridized carbons (Fsp3) is 0.474. The van der Waals surface area contributed by atoms with Crippen molar-refractivity contribution in [3.05, 3.63) is 36.7 Å². The molecule has 0 unspecified atom stereocenters. The number of piperazine rings is 1. The van der Waals surface area contributed by atoms with Crippen LogP contribution in [0.5, 0.6) is 5.88 Å². The van der Waals surface area contributed by atoms with Crippen molar-refractivity contribution < 1.29 is 9.26 Å². The van der Waals surface area contributed by atoms with Crippen LogP contribution in [0.4, 0.5) is 5.69 Å². The van der Waals surface area contributed by atoms with E-state index < -0.39 is 0 Å². The summed E-state index contributed by atoms with van der Waals surface area (Å²) in [6, 6.07) is 6.36. The second kappa shape index (κ2) is 7.11. The number of hydrogen-bond acceptors (Lipinski definition) is 8. The summed E-state index contributed by atoms with van der Waals surface area (Å²) >= 11 is 0. The van der Waals surface area contributed by atoms with E-state index >= 15 is 0 Å². The summed E-state index contributed by atoms with van der Waals surface area (Å²) in [6.45, 7) is 4.52. The van der Waals surface area contributed by atoms with E-state index in [9.17, 15) is 0 Å². The largest absolute Gasteiger partial charge is 0.474 e. The first-order chi connectivity index (χ1) is 13.3. The van der Waals surface area contributed by atoms with Gasteiger partial charge in [-0.05, 0) is 37.5 Å². The van der Waals surface area contributed by atoms with Gasteiger partial charge in [-0.15, -0.1) is 0 Å². The van der Waals surface area contributed by atoms with Gasteiger partial charge in [-0.3, -0.25) is 4.90 Å². The van der Waals surface area contributed by atoms with Gasteiger partial charge >= 0.3 is 0 Å². The van der Waals surface area contributed by atoms with Crippen molar-refractivity contribution in [2.24, 2.45) is 0 Å². The van der Waals surface area contributed by atoms with Crippen LogP contribution in [0.15, 0.2) is 35.4 Å². The quantitative estimate of drug-likeness (QED) is 0.680. The highest BCUT2D eigenvalue weighted by atomic mass is 16.5. The molecule has 140 valence electrons. The van der Waals surface area contributed by atoms with Crippen LogP contribution in [-0.4, -0.2) is 57.3 Å². The highest BCUT2D eigenvalue weighted by Crippen LogP contribution is 2.31. The topological polar surface area (TPSA) is 80.4 Å². The summed E-state index contributed by atoms with van der Waals surface area (Å²) in [6.07, 6.45) is 6.82. The fourth-order valence-electron chi connectivity index (χ4n) is 3.58. The normalized spacial score (nSPS) is 18.6. The lowest BCUT2D eigenvalue weighted by atomic mass is 9.96. The van der Waals surface area contributed by atoms with Crippen LogP contribution in [0.25, 0.3) is 10.9 Å². The van der Waals surface area contributed by atoms with E-state index in [1.165, 1.54) is 18.4 Å². The summed E-state index contributed by atoms with van der Waals surface area (Å²) in [7, 11) is 0. The number of rotatable bonds is 5. The van der Waals surface area contributed by atoms with E-state index in [4.69, 9.17) is 9.26 Å². The zero-order valence-electron chi connectivity index (χ0n) is 15.1. The van der Waals surface area contributed by atoms with Gasteiger partial charge in [0.25, 0.3) is 0 Å². The van der Waals surface area contributed by atoms with Crippen LogP contribution in [0.1, 0.15) is 25.2 Å². The standard InChI is InChI=1S/C19H22N6O2/c1-2-15(3-1)26-19-16-10-14(4-5-17(16)20-12-22-19)25-8-6-24(7-9-25)11-18-21-13-23-27-18/h4-5,10,12-13,15H,1-3,6-9,11H2. The second-order valence-electron chi connectivity index (χ2n) is 7.15. The minimum Gasteiger partial charge on any atom is -0.474 e. The maximum absolute atomic E-state index is 6.08. The Morgan fingerprint density at radius 2 is 1.93 bits per heavy atom. The molecule has 1 saturated heterocycles. The minimum absolute atomic E-state index is 0.306. The fourth-order valence-corrected chi connectivity index (χ4v) is 3.58. The summed E-state index contributed by atoms with van der Waals surface area (Å²) < 4.78 is 11.2. The van der Waals surface area contributed by atoms with Gasteiger partial charge in [-0.2, -0.15) is 4.98 Å². The molecule has 1 aliphatic carbocycles. The maximum Gasteiger partial charge on any atom is 0.240 e. The van der Waals surface area contributed by atoms with Crippen molar-refractivity contribution in [2.45, 2.75) is 31.9 Å². The van der Waals surface area contributed by atoms with Crippen LogP contribution in [-0.2, 0) is 6.54 Å². The number of nitrogens with zero attached hydrogens (tertiary/aromatic N) is 6. The van der Waals surface area contributed by atoms with Gasteiger partial charge < -0.3 is 14.2 Å². The lowest BCUT2D eigenvalue weighted by molar-refractivity contribution is 0.116. The van der Waals surface area contributed by atoms with E-state index in [1.54, 1.807) is 6.33 Å². The number of hydrogen-bond donors (Lipinski definition) is 0. The van der Waals surface area contributed by atoms with Crippen molar-refractivity contribution in [3.8, 4) is 5.88 Å². The van der Waals surface area contributed by atoms with Crippen molar-refractivity contribution in [3.63, 3.8) is 0 Å². The van der Waals surface area contributed by atoms with Crippen LogP contribution >= 0.6 is 0 Å². The molecule has 2 fully saturated rings. The summed E-state index contributed by atoms with van der Waals surface area (Å²) in [5.41, 5.74) is 2.12. The maximum atomic E-state index is 6.08. The predicted octanol–water partition coefficient (Wildman–Crippen LogP) is 2.27. The summed E-state index contributed by atoms with van der Waals surface area (Å²) in [5.74, 6) is 1.38. The Balaban J connectivity index is 1.30. The highest BCUT2D eigenvalue weighted by Gasteiger charge is 2.22. The lowest BCUT2D eigenvalue weighted by Crippen LogP contribution is -2.46. The van der Waals surface area contributed by atoms with E-state index in [-0.39, 0.29) is 0 Å². The number of fused-ring (bicyclic) bond motifs is 1. The zero-order valence-corrected chi connectivity index (χ0v) is 15.1. The monoisotopic (exact) mass is 366 g/mol. The van der Waals surface area contributed by atoms with Crippen molar-refractivity contribution in [1.29, 1.82) is 0 Å². The van der Waals surface area contributed by atoms with Crippen molar-refractivity contribution in [1.82, 2.24) is 25.0 Å². The number of anilines is 1. The molecule has 0 spiro atoms. The first-order valence-electron chi connectivity index (χ1n) is 9.49. The number of benzene rings is 1. The molecule has 1 aromatic carbocycles. The molecule has 8 heteroatoms. The Bertz CT molecular complexity index is 904. The second-order valence-corrected chi connectivity index (χ2v) is 7.15. The molecule has 0 bridgehead atoms. The smallest absolute Gasteiger partial charge is 0.240 e. The third kappa shape index (κ3) is 3.44. The van der Waals surface area contributed by atoms with E-state index in [0.717, 1.165) is 49.9 Å². The van der Waals surface area contributed by atoms with E-state index in [2.05, 4.69) is 48.1 Å². The molecule has 8 nitrogen and oxygen atoms in total. The summed E-state index contributed by atoms with van der Waals surface area (Å²) in [4.78, 5) is 17.6. The van der Waals surface area contributed by atoms with Gasteiger partial charge in [-0.1, -0.05) is 5.16 Å². The predicted molar refractivity (Wildman–Crippen MR) is 99.6 cm³/mol. The molecule has 1 saturated carbocycles. The van der Waals surface area contributed by atoms with Crippen LogP contribution in [0.2, 0.25) is 0 Å². The third-order valence-corrected chi connectivity index (χ3v) is 5.42. The Labute approximate surface area is 157 Å². The SMILES string of the molecule is c1noc(CN2CCN(c3ccc4ncnc(OC5CCC5)c4c3)CC2)n1. The molecule has 0 atom stereocenters. The molecule has 27 heavy (non-hydrogen) atoms. The van der Waals surface area contributed by atoms with Crippen molar-refractivity contribution in [2.75, 3.05) is 31.1 Å². The Hall–Kier alpha value is -2.74. The zero-order chi connectivity index (χ0) is 18.1. The minimum atomic E-state index is 0.306. The number of ether oxygens (including phenoxy) is 1. The molecule has 2 aliphatic rings. The number of aromatic nitrogens is 4. The van der Waals surface area contributed by atoms with Gasteiger partial charge in [0.2, 0.25) is 11.8 Å². The van der Waals surface area contributed by atoms with Gasteiger partial charge in [-0.25, -0.2) is 9.97 Å². The molecule has 0 N–H and O–H groups in total. The Morgan fingerprint density at radius 3 is 2.67 bits per heavy atom. The average molecular weight is 366 g/mol. The van der Waals surface area contributed by atoms with Crippen LogP contribution in [0.3, 0.4) is 0 Å². The molecule has 5 rings (SSSR count). The molecular formula is C19H22N6O2. The first-order valence-corrected chi connectivity index (χ1v) is 9.49. The Kier molecular flexibility index (Phi) is 4.33. The Morgan fingerprint density at radius 1 is 1.04 bits per heavy atom. The van der Waals surface area contributed by atoms with Gasteiger partial charge in [0.1, 0.15) is 12.4 Å². The van der Waals surface area contributed by atoms with Crippen LogP contribution in [0, 0.1) is 0 Å².